The average Bonchev–Trinajstić information content (AvgIpc) is 2.94. The molecule has 0 aliphatic rings. The summed E-state index contributed by atoms with van der Waals surface area (Å²) >= 11 is 0. The molecular formula is C29H29F2N5O4. The van der Waals surface area contributed by atoms with Crippen LogP contribution in [0.1, 0.15) is 31.7 Å². The van der Waals surface area contributed by atoms with Crippen molar-refractivity contribution in [2.24, 2.45) is 0 Å². The maximum Gasteiger partial charge on any atom is 0.319 e. The van der Waals surface area contributed by atoms with Crippen LogP contribution >= 0.6 is 0 Å². The van der Waals surface area contributed by atoms with Crippen molar-refractivity contribution in [2.45, 2.75) is 32.6 Å². The van der Waals surface area contributed by atoms with Crippen LogP contribution in [-0.2, 0) is 11.2 Å². The molecule has 1 aromatic heterocycles. The van der Waals surface area contributed by atoms with E-state index in [-0.39, 0.29) is 29.0 Å². The largest absolute Gasteiger partial charge is 0.494 e. The number of carbonyl (C=O) groups excluding carboxylic acids is 2. The lowest BCUT2D eigenvalue weighted by atomic mass is 10.1. The zero-order valence-corrected chi connectivity index (χ0v) is 22.1. The molecule has 0 bridgehead atoms. The van der Waals surface area contributed by atoms with E-state index in [1.54, 1.807) is 24.3 Å². The highest BCUT2D eigenvalue weighted by Gasteiger charge is 2.16. The molecular weight excluding hydrogens is 520 g/mol. The molecule has 0 saturated carbocycles. The monoisotopic (exact) mass is 549 g/mol. The molecule has 4 rings (SSSR count). The van der Waals surface area contributed by atoms with Gasteiger partial charge in [0.25, 0.3) is 0 Å². The fourth-order valence-electron chi connectivity index (χ4n) is 3.87. The third-order valence-corrected chi connectivity index (χ3v) is 5.96. The lowest BCUT2D eigenvalue weighted by Gasteiger charge is -2.14. The average molecular weight is 550 g/mol. The van der Waals surface area contributed by atoms with Crippen molar-refractivity contribution >= 4 is 34.2 Å². The molecule has 0 fully saturated rings. The van der Waals surface area contributed by atoms with E-state index in [4.69, 9.17) is 9.47 Å². The number of halogens is 2. The summed E-state index contributed by atoms with van der Waals surface area (Å²) < 4.78 is 39.1. The van der Waals surface area contributed by atoms with Gasteiger partial charge in [0, 0.05) is 30.8 Å². The fraction of sp³-hybridized carbons (Fsp3) is 0.241. The number of carbonyl (C=O) groups is 2. The number of nitrogens with zero attached hydrogens (tertiary/aromatic N) is 2. The second-order valence-electron chi connectivity index (χ2n) is 8.90. The summed E-state index contributed by atoms with van der Waals surface area (Å²) in [6.45, 7) is 2.31. The van der Waals surface area contributed by atoms with Crippen LogP contribution in [0.2, 0.25) is 0 Å². The van der Waals surface area contributed by atoms with Gasteiger partial charge < -0.3 is 25.4 Å². The topological polar surface area (TPSA) is 114 Å². The number of aromatic nitrogens is 2. The number of rotatable bonds is 11. The molecule has 0 atom stereocenters. The molecule has 0 radical (unpaired) electrons. The third kappa shape index (κ3) is 7.40. The zero-order valence-electron chi connectivity index (χ0n) is 22.1. The summed E-state index contributed by atoms with van der Waals surface area (Å²) in [7, 11) is 1.48. The summed E-state index contributed by atoms with van der Waals surface area (Å²) in [5, 5.41) is 8.51. The number of ether oxygens (including phenoxy) is 2. The van der Waals surface area contributed by atoms with Gasteiger partial charge in [-0.15, -0.1) is 0 Å². The Kier molecular flexibility index (Phi) is 9.39. The molecule has 0 aliphatic heterocycles. The molecule has 9 nitrogen and oxygen atoms in total. The van der Waals surface area contributed by atoms with Crippen LogP contribution in [0.25, 0.3) is 10.9 Å². The standard InChI is InChI=1S/C29H29F2N5O4/c1-3-4-5-27(37)36-24-15-21-23(16-26(24)39-2)33-17-34-28(21)40-25-11-10-20(14-22(25)31)35-29(38)32-13-12-18-6-8-19(30)9-7-18/h6-11,14-17H,3-5,12-13H2,1-2H3,(H,36,37)(H2,32,35,38). The number of hydrogen-bond donors (Lipinski definition) is 3. The Bertz CT molecular complexity index is 1500. The number of benzene rings is 3. The van der Waals surface area contributed by atoms with Crippen LogP contribution in [-0.4, -0.2) is 35.6 Å². The van der Waals surface area contributed by atoms with Gasteiger partial charge in [-0.05, 0) is 48.7 Å². The van der Waals surface area contributed by atoms with Gasteiger partial charge in [0.2, 0.25) is 11.8 Å². The van der Waals surface area contributed by atoms with Gasteiger partial charge in [-0.3, -0.25) is 4.79 Å². The number of amides is 3. The summed E-state index contributed by atoms with van der Waals surface area (Å²) in [5.74, 6) is -0.834. The van der Waals surface area contributed by atoms with Gasteiger partial charge in [0.1, 0.15) is 17.9 Å². The van der Waals surface area contributed by atoms with Crippen LogP contribution in [0.4, 0.5) is 25.0 Å². The predicted molar refractivity (Wildman–Crippen MR) is 148 cm³/mol. The van der Waals surface area contributed by atoms with Gasteiger partial charge >= 0.3 is 6.03 Å². The molecule has 1 heterocycles. The van der Waals surface area contributed by atoms with Crippen LogP contribution < -0.4 is 25.4 Å². The summed E-state index contributed by atoms with van der Waals surface area (Å²) in [5.41, 5.74) is 1.99. The minimum atomic E-state index is -0.725. The highest BCUT2D eigenvalue weighted by atomic mass is 19.1. The van der Waals surface area contributed by atoms with Gasteiger partial charge in [-0.25, -0.2) is 23.5 Å². The van der Waals surface area contributed by atoms with Crippen molar-refractivity contribution in [1.29, 1.82) is 0 Å². The summed E-state index contributed by atoms with van der Waals surface area (Å²) in [6.07, 6.45) is 3.79. The van der Waals surface area contributed by atoms with Gasteiger partial charge in [0.05, 0.1) is 23.7 Å². The number of urea groups is 1. The Morgan fingerprint density at radius 2 is 1.75 bits per heavy atom. The molecule has 0 unspecified atom stereocenters. The zero-order chi connectivity index (χ0) is 28.5. The maximum atomic E-state index is 14.9. The van der Waals surface area contributed by atoms with E-state index in [1.165, 1.54) is 37.7 Å². The number of unbranched alkanes of at least 4 members (excludes halogenated alkanes) is 1. The fourth-order valence-corrected chi connectivity index (χ4v) is 3.87. The Morgan fingerprint density at radius 3 is 2.48 bits per heavy atom. The predicted octanol–water partition coefficient (Wildman–Crippen LogP) is 6.20. The highest BCUT2D eigenvalue weighted by molar-refractivity contribution is 5.97. The van der Waals surface area contributed by atoms with E-state index in [0.717, 1.165) is 24.5 Å². The van der Waals surface area contributed by atoms with Gasteiger partial charge in [-0.2, -0.15) is 0 Å². The molecule has 3 N–H and O–H groups in total. The molecule has 4 aromatic rings. The van der Waals surface area contributed by atoms with E-state index in [1.807, 2.05) is 6.92 Å². The van der Waals surface area contributed by atoms with Crippen molar-refractivity contribution in [1.82, 2.24) is 15.3 Å². The Labute approximate surface area is 229 Å². The molecule has 11 heteroatoms. The molecule has 3 amide bonds. The highest BCUT2D eigenvalue weighted by Crippen LogP contribution is 2.35. The molecule has 0 spiro atoms. The second-order valence-corrected chi connectivity index (χ2v) is 8.90. The quantitative estimate of drug-likeness (QED) is 0.205. The van der Waals surface area contributed by atoms with E-state index >= 15 is 0 Å². The molecule has 0 saturated heterocycles. The van der Waals surface area contributed by atoms with E-state index in [2.05, 4.69) is 25.9 Å². The SMILES string of the molecule is CCCCC(=O)Nc1cc2c(Oc3ccc(NC(=O)NCCc4ccc(F)cc4)cc3F)ncnc2cc1OC. The van der Waals surface area contributed by atoms with Crippen molar-refractivity contribution in [3.63, 3.8) is 0 Å². The first kappa shape index (κ1) is 28.2. The van der Waals surface area contributed by atoms with Gasteiger partial charge in [0.15, 0.2) is 11.6 Å². The van der Waals surface area contributed by atoms with Crippen molar-refractivity contribution < 1.29 is 27.8 Å². The van der Waals surface area contributed by atoms with Crippen LogP contribution in [0, 0.1) is 11.6 Å². The lowest BCUT2D eigenvalue weighted by molar-refractivity contribution is -0.116. The van der Waals surface area contributed by atoms with Crippen molar-refractivity contribution in [2.75, 3.05) is 24.3 Å². The van der Waals surface area contributed by atoms with Crippen LogP contribution in [0.3, 0.4) is 0 Å². The minimum absolute atomic E-state index is 0.0786. The third-order valence-electron chi connectivity index (χ3n) is 5.96. The Morgan fingerprint density at radius 1 is 0.950 bits per heavy atom. The maximum absolute atomic E-state index is 14.9. The Balaban J connectivity index is 1.44. The summed E-state index contributed by atoms with van der Waals surface area (Å²) in [4.78, 5) is 32.9. The summed E-state index contributed by atoms with van der Waals surface area (Å²) in [6, 6.07) is 12.7. The molecule has 208 valence electrons. The minimum Gasteiger partial charge on any atom is -0.494 e. The van der Waals surface area contributed by atoms with Gasteiger partial charge in [-0.1, -0.05) is 25.5 Å². The van der Waals surface area contributed by atoms with Crippen LogP contribution in [0.15, 0.2) is 60.9 Å². The van der Waals surface area contributed by atoms with E-state index in [0.29, 0.717) is 41.7 Å². The number of nitrogens with one attached hydrogen (secondary N) is 3. The normalized spacial score (nSPS) is 10.7. The number of hydrogen-bond acceptors (Lipinski definition) is 6. The molecule has 3 aromatic carbocycles. The smallest absolute Gasteiger partial charge is 0.319 e. The van der Waals surface area contributed by atoms with E-state index < -0.39 is 11.8 Å². The first-order chi connectivity index (χ1) is 19.4. The number of fused-ring (bicyclic) bond motifs is 1. The first-order valence-corrected chi connectivity index (χ1v) is 12.8. The Hall–Kier alpha value is -4.80. The molecule has 0 aliphatic carbocycles. The second kappa shape index (κ2) is 13.3. The van der Waals surface area contributed by atoms with Crippen molar-refractivity contribution in [3.8, 4) is 17.4 Å². The lowest BCUT2D eigenvalue weighted by Crippen LogP contribution is -2.30. The number of methoxy groups -OCH3 is 1. The first-order valence-electron chi connectivity index (χ1n) is 12.8. The van der Waals surface area contributed by atoms with Crippen LogP contribution in [0.5, 0.6) is 17.4 Å². The van der Waals surface area contributed by atoms with E-state index in [9.17, 15) is 18.4 Å². The van der Waals surface area contributed by atoms with Crippen molar-refractivity contribution in [3.05, 3.63) is 78.1 Å². The molecule has 40 heavy (non-hydrogen) atoms. The number of anilines is 2.